The van der Waals surface area contributed by atoms with Gasteiger partial charge in [-0.2, -0.15) is 0 Å². The van der Waals surface area contributed by atoms with Gasteiger partial charge >= 0.3 is 0 Å². The molecule has 20 heavy (non-hydrogen) atoms. The molecule has 3 rings (SSSR count). The summed E-state index contributed by atoms with van der Waals surface area (Å²) in [6.45, 7) is 5.29. The Hall–Kier alpha value is -1.30. The zero-order chi connectivity index (χ0) is 13.9. The Morgan fingerprint density at radius 3 is 3.10 bits per heavy atom. The van der Waals surface area contributed by atoms with Crippen LogP contribution in [0.4, 0.5) is 0 Å². The van der Waals surface area contributed by atoms with Gasteiger partial charge in [-0.3, -0.25) is 9.88 Å². The van der Waals surface area contributed by atoms with E-state index >= 15 is 0 Å². The Balaban J connectivity index is 1.66. The maximum absolute atomic E-state index is 6.07. The highest BCUT2D eigenvalue weighted by Gasteiger charge is 2.23. The SMILES string of the molecule is CC1CN(Cc2csc(-c3ccccn3)n2)CCC1N. The minimum Gasteiger partial charge on any atom is -0.327 e. The lowest BCUT2D eigenvalue weighted by molar-refractivity contribution is 0.156. The van der Waals surface area contributed by atoms with E-state index < -0.39 is 0 Å². The van der Waals surface area contributed by atoms with E-state index in [1.807, 2.05) is 24.4 Å². The molecule has 2 atom stereocenters. The lowest BCUT2D eigenvalue weighted by atomic mass is 9.95. The quantitative estimate of drug-likeness (QED) is 0.942. The smallest absolute Gasteiger partial charge is 0.142 e. The van der Waals surface area contributed by atoms with Crippen molar-refractivity contribution in [2.24, 2.45) is 11.7 Å². The molecular weight excluding hydrogens is 268 g/mol. The van der Waals surface area contributed by atoms with Crippen LogP contribution in [0.3, 0.4) is 0 Å². The summed E-state index contributed by atoms with van der Waals surface area (Å²) in [5, 5.41) is 3.14. The summed E-state index contributed by atoms with van der Waals surface area (Å²) in [5.74, 6) is 0.567. The maximum atomic E-state index is 6.07. The standard InChI is InChI=1S/C15H20N4S/c1-11-8-19(7-5-13(11)16)9-12-10-20-15(18-12)14-4-2-3-6-17-14/h2-4,6,10-11,13H,5,7-9,16H2,1H3. The summed E-state index contributed by atoms with van der Waals surface area (Å²) in [7, 11) is 0. The molecule has 0 aromatic carbocycles. The van der Waals surface area contributed by atoms with Gasteiger partial charge in [-0.05, 0) is 24.5 Å². The van der Waals surface area contributed by atoms with Crippen molar-refractivity contribution in [3.8, 4) is 10.7 Å². The summed E-state index contributed by atoms with van der Waals surface area (Å²) >= 11 is 1.67. The van der Waals surface area contributed by atoms with Crippen LogP contribution in [0.15, 0.2) is 29.8 Å². The van der Waals surface area contributed by atoms with Gasteiger partial charge in [0.2, 0.25) is 0 Å². The monoisotopic (exact) mass is 288 g/mol. The lowest BCUT2D eigenvalue weighted by Gasteiger charge is -2.34. The Morgan fingerprint density at radius 1 is 1.45 bits per heavy atom. The number of thiazole rings is 1. The van der Waals surface area contributed by atoms with Crippen molar-refractivity contribution < 1.29 is 0 Å². The number of aromatic nitrogens is 2. The fraction of sp³-hybridized carbons (Fsp3) is 0.467. The molecule has 3 heterocycles. The predicted molar refractivity (Wildman–Crippen MR) is 82.4 cm³/mol. The van der Waals surface area contributed by atoms with Crippen LogP contribution in [0.2, 0.25) is 0 Å². The van der Waals surface area contributed by atoms with E-state index in [0.29, 0.717) is 12.0 Å². The molecule has 2 unspecified atom stereocenters. The number of piperidine rings is 1. The van der Waals surface area contributed by atoms with Crippen LogP contribution in [-0.2, 0) is 6.54 Å². The average molecular weight is 288 g/mol. The zero-order valence-corrected chi connectivity index (χ0v) is 12.5. The number of nitrogens with two attached hydrogens (primary N) is 1. The van der Waals surface area contributed by atoms with Crippen molar-refractivity contribution in [2.45, 2.75) is 25.9 Å². The fourth-order valence-electron chi connectivity index (χ4n) is 2.61. The molecule has 0 spiro atoms. The third kappa shape index (κ3) is 3.06. The third-order valence-corrected chi connectivity index (χ3v) is 4.79. The number of rotatable bonds is 3. The Kier molecular flexibility index (Phi) is 4.10. The molecule has 5 heteroatoms. The number of nitrogens with zero attached hydrogens (tertiary/aromatic N) is 3. The van der Waals surface area contributed by atoms with E-state index in [9.17, 15) is 0 Å². The first-order chi connectivity index (χ1) is 9.72. The summed E-state index contributed by atoms with van der Waals surface area (Å²) in [4.78, 5) is 11.5. The zero-order valence-electron chi connectivity index (χ0n) is 11.7. The molecule has 2 aromatic heterocycles. The van der Waals surface area contributed by atoms with Gasteiger partial charge in [-0.1, -0.05) is 13.0 Å². The molecular formula is C15H20N4S. The van der Waals surface area contributed by atoms with Crippen molar-refractivity contribution in [2.75, 3.05) is 13.1 Å². The highest BCUT2D eigenvalue weighted by Crippen LogP contribution is 2.23. The predicted octanol–water partition coefficient (Wildman–Crippen LogP) is 2.37. The number of likely N-dealkylation sites (tertiary alicyclic amines) is 1. The maximum Gasteiger partial charge on any atom is 0.142 e. The van der Waals surface area contributed by atoms with Gasteiger partial charge in [0.25, 0.3) is 0 Å². The first-order valence-electron chi connectivity index (χ1n) is 7.06. The summed E-state index contributed by atoms with van der Waals surface area (Å²) in [5.41, 5.74) is 8.16. The lowest BCUT2D eigenvalue weighted by Crippen LogP contribution is -2.45. The molecule has 106 valence electrons. The van der Waals surface area contributed by atoms with E-state index in [2.05, 4.69) is 22.2 Å². The first-order valence-corrected chi connectivity index (χ1v) is 7.94. The Bertz CT molecular complexity index is 554. The Morgan fingerprint density at radius 2 is 2.35 bits per heavy atom. The van der Waals surface area contributed by atoms with Gasteiger partial charge in [0.1, 0.15) is 5.01 Å². The minimum absolute atomic E-state index is 0.353. The van der Waals surface area contributed by atoms with E-state index in [0.717, 1.165) is 42.5 Å². The highest BCUT2D eigenvalue weighted by atomic mass is 32.1. The second-order valence-electron chi connectivity index (χ2n) is 5.52. The Labute approximate surface area is 123 Å². The van der Waals surface area contributed by atoms with E-state index in [1.165, 1.54) is 0 Å². The van der Waals surface area contributed by atoms with Crippen molar-refractivity contribution in [1.82, 2.24) is 14.9 Å². The molecule has 2 N–H and O–H groups in total. The van der Waals surface area contributed by atoms with Crippen molar-refractivity contribution in [3.63, 3.8) is 0 Å². The normalized spacial score (nSPS) is 23.9. The third-order valence-electron chi connectivity index (χ3n) is 3.88. The highest BCUT2D eigenvalue weighted by molar-refractivity contribution is 7.13. The number of hydrogen-bond donors (Lipinski definition) is 1. The molecule has 0 radical (unpaired) electrons. The molecule has 1 saturated heterocycles. The number of pyridine rings is 1. The fourth-order valence-corrected chi connectivity index (χ4v) is 3.40. The minimum atomic E-state index is 0.353. The van der Waals surface area contributed by atoms with Gasteiger partial charge in [-0.25, -0.2) is 4.98 Å². The van der Waals surface area contributed by atoms with Gasteiger partial charge in [0.15, 0.2) is 0 Å². The molecule has 1 fully saturated rings. The second kappa shape index (κ2) is 5.99. The molecule has 1 aliphatic heterocycles. The molecule has 0 bridgehead atoms. The molecule has 0 aliphatic carbocycles. The van der Waals surface area contributed by atoms with Crippen LogP contribution in [0.25, 0.3) is 10.7 Å². The molecule has 0 saturated carbocycles. The molecule has 2 aromatic rings. The van der Waals surface area contributed by atoms with Crippen molar-refractivity contribution >= 4 is 11.3 Å². The van der Waals surface area contributed by atoms with Crippen LogP contribution >= 0.6 is 11.3 Å². The van der Waals surface area contributed by atoms with Crippen LogP contribution in [0.1, 0.15) is 19.0 Å². The van der Waals surface area contributed by atoms with Crippen LogP contribution in [0.5, 0.6) is 0 Å². The van der Waals surface area contributed by atoms with Crippen molar-refractivity contribution in [3.05, 3.63) is 35.5 Å². The van der Waals surface area contributed by atoms with E-state index in [-0.39, 0.29) is 0 Å². The summed E-state index contributed by atoms with van der Waals surface area (Å²) < 4.78 is 0. The summed E-state index contributed by atoms with van der Waals surface area (Å²) in [6.07, 6.45) is 2.89. The van der Waals surface area contributed by atoms with Gasteiger partial charge in [0, 0.05) is 37.3 Å². The van der Waals surface area contributed by atoms with Crippen molar-refractivity contribution in [1.29, 1.82) is 0 Å². The largest absolute Gasteiger partial charge is 0.327 e. The van der Waals surface area contributed by atoms with Gasteiger partial charge in [0.05, 0.1) is 11.4 Å². The van der Waals surface area contributed by atoms with E-state index in [4.69, 9.17) is 10.7 Å². The molecule has 0 amide bonds. The summed E-state index contributed by atoms with van der Waals surface area (Å²) in [6, 6.07) is 6.28. The average Bonchev–Trinajstić information content (AvgIpc) is 2.92. The van der Waals surface area contributed by atoms with Gasteiger partial charge in [-0.15, -0.1) is 11.3 Å². The molecule has 4 nitrogen and oxygen atoms in total. The van der Waals surface area contributed by atoms with Crippen LogP contribution < -0.4 is 5.73 Å². The molecule has 1 aliphatic rings. The first kappa shape index (κ1) is 13.7. The van der Waals surface area contributed by atoms with Crippen LogP contribution in [0, 0.1) is 5.92 Å². The number of hydrogen-bond acceptors (Lipinski definition) is 5. The topological polar surface area (TPSA) is 55.0 Å². The second-order valence-corrected chi connectivity index (χ2v) is 6.38. The van der Waals surface area contributed by atoms with Crippen LogP contribution in [-0.4, -0.2) is 34.0 Å². The van der Waals surface area contributed by atoms with Gasteiger partial charge < -0.3 is 5.73 Å². The van der Waals surface area contributed by atoms with E-state index in [1.54, 1.807) is 11.3 Å².